The molecule has 2 aromatic carbocycles. The zero-order chi connectivity index (χ0) is 17.5. The Balaban J connectivity index is 1.62. The van der Waals surface area contributed by atoms with Crippen LogP contribution in [0.15, 0.2) is 59.6 Å². The number of carbonyl (C=O) groups is 1. The summed E-state index contributed by atoms with van der Waals surface area (Å²) in [7, 11) is 0. The molecule has 0 amide bonds. The fourth-order valence-electron chi connectivity index (χ4n) is 2.52. The van der Waals surface area contributed by atoms with Crippen LogP contribution >= 0.6 is 0 Å². The van der Waals surface area contributed by atoms with E-state index >= 15 is 0 Å². The first-order valence-electron chi connectivity index (χ1n) is 8.29. The first kappa shape index (κ1) is 16.8. The highest BCUT2D eigenvalue weighted by Gasteiger charge is 2.10. The van der Waals surface area contributed by atoms with Gasteiger partial charge >= 0.3 is 0 Å². The number of guanidine groups is 1. The van der Waals surface area contributed by atoms with Crippen molar-refractivity contribution >= 4 is 23.5 Å². The van der Waals surface area contributed by atoms with Crippen molar-refractivity contribution in [3.8, 4) is 5.75 Å². The molecule has 0 spiro atoms. The van der Waals surface area contributed by atoms with Gasteiger partial charge in [0.1, 0.15) is 5.75 Å². The quantitative estimate of drug-likeness (QED) is 0.795. The van der Waals surface area contributed by atoms with E-state index in [9.17, 15) is 4.79 Å². The summed E-state index contributed by atoms with van der Waals surface area (Å²) in [6.07, 6.45) is 3.95. The Hall–Kier alpha value is -3.08. The van der Waals surface area contributed by atoms with Crippen LogP contribution in [0.25, 0.3) is 6.08 Å². The second kappa shape index (κ2) is 8.15. The normalized spacial score (nSPS) is 13.4. The third-order valence-corrected chi connectivity index (χ3v) is 3.71. The predicted molar refractivity (Wildman–Crippen MR) is 101 cm³/mol. The van der Waals surface area contributed by atoms with E-state index in [2.05, 4.69) is 15.6 Å². The lowest BCUT2D eigenvalue weighted by Crippen LogP contribution is -2.26. The Bertz CT molecular complexity index is 812. The van der Waals surface area contributed by atoms with Crippen molar-refractivity contribution in [2.24, 2.45) is 4.99 Å². The molecule has 0 saturated carbocycles. The Kier molecular flexibility index (Phi) is 5.46. The van der Waals surface area contributed by atoms with Gasteiger partial charge in [0, 0.05) is 17.8 Å². The van der Waals surface area contributed by atoms with E-state index in [4.69, 9.17) is 4.74 Å². The molecule has 3 rings (SSSR count). The van der Waals surface area contributed by atoms with Crippen LogP contribution in [0.4, 0.5) is 5.69 Å². The lowest BCUT2D eigenvalue weighted by Gasteiger charge is -2.09. The Morgan fingerprint density at radius 3 is 2.96 bits per heavy atom. The molecule has 2 N–H and O–H groups in total. The summed E-state index contributed by atoms with van der Waals surface area (Å²) in [6, 6.07) is 15.0. The van der Waals surface area contributed by atoms with E-state index in [0.717, 1.165) is 30.3 Å². The number of nitrogens with one attached hydrogen (secondary N) is 2. The van der Waals surface area contributed by atoms with Gasteiger partial charge in [-0.1, -0.05) is 36.4 Å². The molecule has 0 aliphatic carbocycles. The molecular weight excluding hydrogens is 314 g/mol. The molecule has 0 aromatic heterocycles. The Labute approximate surface area is 147 Å². The van der Waals surface area contributed by atoms with E-state index in [1.807, 2.05) is 61.5 Å². The third-order valence-electron chi connectivity index (χ3n) is 3.71. The first-order chi connectivity index (χ1) is 12.2. The van der Waals surface area contributed by atoms with Gasteiger partial charge in [-0.15, -0.1) is 0 Å². The summed E-state index contributed by atoms with van der Waals surface area (Å²) in [4.78, 5) is 16.7. The van der Waals surface area contributed by atoms with Gasteiger partial charge in [-0.3, -0.25) is 9.79 Å². The topological polar surface area (TPSA) is 62.7 Å². The smallest absolute Gasteiger partial charge is 0.200 e. The minimum absolute atomic E-state index is 0.00193. The van der Waals surface area contributed by atoms with E-state index in [1.54, 1.807) is 6.07 Å². The summed E-state index contributed by atoms with van der Waals surface area (Å²) in [5, 5.41) is 6.31. The van der Waals surface area contributed by atoms with Crippen molar-refractivity contribution in [1.82, 2.24) is 5.32 Å². The number of rotatable bonds is 6. The molecule has 0 saturated heterocycles. The standard InChI is InChI=1S/C20H21N3O2/c1-2-5-15-6-3-9-18(12-15)25-14-19(24)16-7-4-8-17(13-16)23-20-21-10-11-22-20/h2-9,12-13H,10-11,14H2,1H3,(H2,21,22,23)/b5-2+. The van der Waals surface area contributed by atoms with Gasteiger partial charge in [0.05, 0.1) is 6.54 Å². The van der Waals surface area contributed by atoms with E-state index in [1.165, 1.54) is 0 Å². The molecule has 0 unspecified atom stereocenters. The highest BCUT2D eigenvalue weighted by atomic mass is 16.5. The molecular formula is C20H21N3O2. The lowest BCUT2D eigenvalue weighted by atomic mass is 10.1. The van der Waals surface area contributed by atoms with Crippen LogP contribution in [-0.4, -0.2) is 31.4 Å². The average Bonchev–Trinajstić information content (AvgIpc) is 3.13. The third kappa shape index (κ3) is 4.70. The minimum Gasteiger partial charge on any atom is -0.485 e. The molecule has 0 radical (unpaired) electrons. The molecule has 0 atom stereocenters. The van der Waals surface area contributed by atoms with Gasteiger partial charge in [-0.05, 0) is 36.8 Å². The van der Waals surface area contributed by atoms with Crippen molar-refractivity contribution in [3.05, 3.63) is 65.7 Å². The molecule has 5 nitrogen and oxygen atoms in total. The zero-order valence-electron chi connectivity index (χ0n) is 14.2. The largest absolute Gasteiger partial charge is 0.485 e. The number of anilines is 1. The average molecular weight is 335 g/mol. The molecule has 1 heterocycles. The van der Waals surface area contributed by atoms with Gasteiger partial charge in [0.2, 0.25) is 0 Å². The Morgan fingerprint density at radius 2 is 2.16 bits per heavy atom. The van der Waals surface area contributed by atoms with Crippen LogP contribution < -0.4 is 15.4 Å². The molecule has 5 heteroatoms. The SMILES string of the molecule is C/C=C/c1cccc(OCC(=O)c2cccc(NC3=NCCN3)c2)c1. The number of Topliss-reactive ketones (excluding diaryl/α,β-unsaturated/α-hetero) is 1. The number of benzene rings is 2. The number of nitrogens with zero attached hydrogens (tertiary/aromatic N) is 1. The fraction of sp³-hybridized carbons (Fsp3) is 0.200. The summed E-state index contributed by atoms with van der Waals surface area (Å²) in [6.45, 7) is 3.56. The number of ketones is 1. The number of ether oxygens (including phenoxy) is 1. The number of hydrogen-bond donors (Lipinski definition) is 2. The van der Waals surface area contributed by atoms with Crippen LogP contribution in [0.1, 0.15) is 22.8 Å². The summed E-state index contributed by atoms with van der Waals surface area (Å²) >= 11 is 0. The summed E-state index contributed by atoms with van der Waals surface area (Å²) in [5.41, 5.74) is 2.48. The van der Waals surface area contributed by atoms with Crippen LogP contribution in [0.5, 0.6) is 5.75 Å². The second-order valence-corrected chi connectivity index (χ2v) is 5.65. The zero-order valence-corrected chi connectivity index (χ0v) is 14.2. The van der Waals surface area contributed by atoms with Gasteiger partial charge in [0.15, 0.2) is 18.3 Å². The number of allylic oxidation sites excluding steroid dienone is 1. The molecule has 25 heavy (non-hydrogen) atoms. The van der Waals surface area contributed by atoms with Gasteiger partial charge in [-0.2, -0.15) is 0 Å². The van der Waals surface area contributed by atoms with Crippen LogP contribution in [0, 0.1) is 0 Å². The van der Waals surface area contributed by atoms with Crippen molar-refractivity contribution in [2.45, 2.75) is 6.92 Å². The maximum Gasteiger partial charge on any atom is 0.200 e. The van der Waals surface area contributed by atoms with Crippen LogP contribution in [-0.2, 0) is 0 Å². The minimum atomic E-state index is -0.0681. The summed E-state index contributed by atoms with van der Waals surface area (Å²) in [5.74, 6) is 1.35. The fourth-order valence-corrected chi connectivity index (χ4v) is 2.52. The maximum atomic E-state index is 12.4. The number of aliphatic imine (C=N–C) groups is 1. The van der Waals surface area contributed by atoms with E-state index in [0.29, 0.717) is 11.3 Å². The monoisotopic (exact) mass is 335 g/mol. The number of carbonyl (C=O) groups excluding carboxylic acids is 1. The van der Waals surface area contributed by atoms with Crippen LogP contribution in [0.3, 0.4) is 0 Å². The maximum absolute atomic E-state index is 12.4. The molecule has 0 bridgehead atoms. The van der Waals surface area contributed by atoms with Gasteiger partial charge < -0.3 is 15.4 Å². The summed E-state index contributed by atoms with van der Waals surface area (Å²) < 4.78 is 5.64. The van der Waals surface area contributed by atoms with E-state index < -0.39 is 0 Å². The van der Waals surface area contributed by atoms with Crippen molar-refractivity contribution in [2.75, 3.05) is 25.0 Å². The van der Waals surface area contributed by atoms with E-state index in [-0.39, 0.29) is 12.4 Å². The van der Waals surface area contributed by atoms with Crippen molar-refractivity contribution in [1.29, 1.82) is 0 Å². The predicted octanol–water partition coefficient (Wildman–Crippen LogP) is 3.35. The highest BCUT2D eigenvalue weighted by Crippen LogP contribution is 2.16. The number of hydrogen-bond acceptors (Lipinski definition) is 5. The van der Waals surface area contributed by atoms with Gasteiger partial charge in [-0.25, -0.2) is 0 Å². The first-order valence-corrected chi connectivity index (χ1v) is 8.29. The Morgan fingerprint density at radius 1 is 1.28 bits per heavy atom. The molecule has 2 aromatic rings. The van der Waals surface area contributed by atoms with Crippen molar-refractivity contribution in [3.63, 3.8) is 0 Å². The highest BCUT2D eigenvalue weighted by molar-refractivity contribution is 6.00. The molecule has 1 aliphatic rings. The molecule has 128 valence electrons. The lowest BCUT2D eigenvalue weighted by molar-refractivity contribution is 0.0921. The van der Waals surface area contributed by atoms with Crippen LogP contribution in [0.2, 0.25) is 0 Å². The van der Waals surface area contributed by atoms with Crippen molar-refractivity contribution < 1.29 is 9.53 Å². The second-order valence-electron chi connectivity index (χ2n) is 5.65. The molecule has 1 aliphatic heterocycles. The van der Waals surface area contributed by atoms with Gasteiger partial charge in [0.25, 0.3) is 0 Å². The molecule has 0 fully saturated rings.